The lowest BCUT2D eigenvalue weighted by molar-refractivity contribution is -0.136. The van der Waals surface area contributed by atoms with Gasteiger partial charge < -0.3 is 24.7 Å². The summed E-state index contributed by atoms with van der Waals surface area (Å²) in [5.74, 6) is 2.54. The first-order valence-corrected chi connectivity index (χ1v) is 14.4. The van der Waals surface area contributed by atoms with Crippen molar-refractivity contribution in [1.82, 2.24) is 24.8 Å². The molecule has 1 saturated heterocycles. The highest BCUT2D eigenvalue weighted by atomic mass is 19.4. The predicted molar refractivity (Wildman–Crippen MR) is 154 cm³/mol. The molecule has 43 heavy (non-hydrogen) atoms. The number of ether oxygens (including phenoxy) is 2. The predicted octanol–water partition coefficient (Wildman–Crippen LogP) is 5.12. The number of carbonyl (C=O) groups excluding carboxylic acids is 1. The fourth-order valence-corrected chi connectivity index (χ4v) is 6.05. The summed E-state index contributed by atoms with van der Waals surface area (Å²) in [6.07, 6.45) is -1.53. The Morgan fingerprint density at radius 1 is 1.09 bits per heavy atom. The van der Waals surface area contributed by atoms with Crippen LogP contribution in [0.1, 0.15) is 40.4 Å². The summed E-state index contributed by atoms with van der Waals surface area (Å²) in [7, 11) is 2.05. The van der Waals surface area contributed by atoms with Crippen molar-refractivity contribution in [3.8, 4) is 17.2 Å². The van der Waals surface area contributed by atoms with Crippen molar-refractivity contribution in [2.75, 3.05) is 45.2 Å². The number of alkyl halides is 3. The largest absolute Gasteiger partial charge is 0.493 e. The first-order valence-electron chi connectivity index (χ1n) is 14.4. The van der Waals surface area contributed by atoms with Crippen molar-refractivity contribution in [1.29, 1.82) is 0 Å². The molecule has 2 aromatic heterocycles. The van der Waals surface area contributed by atoms with Crippen molar-refractivity contribution in [3.05, 3.63) is 70.7 Å². The molecule has 1 fully saturated rings. The minimum absolute atomic E-state index is 0.0675. The molecule has 3 aliphatic heterocycles. The number of nitrogens with one attached hydrogen (secondary N) is 2. The van der Waals surface area contributed by atoms with E-state index in [1.165, 1.54) is 6.07 Å². The SMILES string of the molecule is CN1CCN(Cc2cc(C(F)(F)F)c3nc(C4COc5ccc(Oc6ccnc7c6CCC(=O)N7)cc5C4)[nH]c3c2)CC1. The summed E-state index contributed by atoms with van der Waals surface area (Å²) in [6, 6.07) is 10.3. The fourth-order valence-electron chi connectivity index (χ4n) is 6.05. The van der Waals surface area contributed by atoms with E-state index < -0.39 is 11.7 Å². The van der Waals surface area contributed by atoms with E-state index >= 15 is 0 Å². The fraction of sp³-hybridized carbons (Fsp3) is 0.387. The molecule has 0 spiro atoms. The maximum Gasteiger partial charge on any atom is 0.418 e. The zero-order valence-electron chi connectivity index (χ0n) is 23.6. The van der Waals surface area contributed by atoms with Crippen LogP contribution in [-0.2, 0) is 30.4 Å². The first kappa shape index (κ1) is 27.7. The van der Waals surface area contributed by atoms with Gasteiger partial charge in [-0.1, -0.05) is 0 Å². The molecule has 0 radical (unpaired) electrons. The summed E-state index contributed by atoms with van der Waals surface area (Å²) in [6.45, 7) is 4.16. The quantitative estimate of drug-likeness (QED) is 0.332. The Balaban J connectivity index is 1.14. The summed E-state index contributed by atoms with van der Waals surface area (Å²) >= 11 is 0. The zero-order chi connectivity index (χ0) is 29.7. The molecular formula is C31H31F3N6O3. The van der Waals surface area contributed by atoms with Crippen molar-refractivity contribution in [2.24, 2.45) is 0 Å². The summed E-state index contributed by atoms with van der Waals surface area (Å²) in [4.78, 5) is 28.1. The summed E-state index contributed by atoms with van der Waals surface area (Å²) in [5.41, 5.74) is 1.92. The molecule has 3 aliphatic rings. The van der Waals surface area contributed by atoms with E-state index in [1.54, 1.807) is 18.3 Å². The number of pyridine rings is 1. The highest BCUT2D eigenvalue weighted by Gasteiger charge is 2.35. The summed E-state index contributed by atoms with van der Waals surface area (Å²) < 4.78 is 54.8. The number of amides is 1. The molecule has 0 saturated carbocycles. The Hall–Kier alpha value is -4.16. The van der Waals surface area contributed by atoms with Gasteiger partial charge in [0, 0.05) is 50.9 Å². The van der Waals surface area contributed by atoms with Crippen LogP contribution in [0.25, 0.3) is 11.0 Å². The molecule has 9 nitrogen and oxygen atoms in total. The number of hydrogen-bond acceptors (Lipinski definition) is 7. The molecule has 2 aromatic carbocycles. The molecule has 1 unspecified atom stereocenters. The van der Waals surface area contributed by atoms with Gasteiger partial charge in [0.2, 0.25) is 5.91 Å². The van der Waals surface area contributed by atoms with E-state index in [9.17, 15) is 18.0 Å². The van der Waals surface area contributed by atoms with Crippen LogP contribution in [0.5, 0.6) is 17.2 Å². The van der Waals surface area contributed by atoms with Crippen molar-refractivity contribution < 1.29 is 27.4 Å². The van der Waals surface area contributed by atoms with E-state index in [2.05, 4.69) is 30.1 Å². The van der Waals surface area contributed by atoms with Crippen LogP contribution in [0.4, 0.5) is 19.0 Å². The van der Waals surface area contributed by atoms with Gasteiger partial charge in [-0.3, -0.25) is 9.69 Å². The standard InChI is InChI=1S/C31H31F3N6O3/c1-39-8-10-40(11-9-39)16-18-12-23(31(32,33)34)28-24(13-18)36-29(38-28)20-14-19-15-21(2-4-25(19)42-17-20)43-26-6-7-35-30-22(26)3-5-27(41)37-30/h2,4,6-7,12-13,15,20H,3,5,8-11,14,16-17H2,1H3,(H,36,38)(H,35,37,41). The van der Waals surface area contributed by atoms with E-state index in [1.807, 2.05) is 25.2 Å². The average molecular weight is 593 g/mol. The second-order valence-electron chi connectivity index (χ2n) is 11.5. The number of benzene rings is 2. The van der Waals surface area contributed by atoms with E-state index in [0.717, 1.165) is 37.3 Å². The third kappa shape index (κ3) is 5.64. The van der Waals surface area contributed by atoms with Crippen LogP contribution in [-0.4, -0.2) is 70.5 Å². The van der Waals surface area contributed by atoms with Crippen LogP contribution in [0.15, 0.2) is 42.6 Å². The number of piperazine rings is 1. The Bertz CT molecular complexity index is 1700. The topological polar surface area (TPSA) is 95.6 Å². The lowest BCUT2D eigenvalue weighted by atomic mass is 9.96. The van der Waals surface area contributed by atoms with E-state index in [0.29, 0.717) is 72.4 Å². The van der Waals surface area contributed by atoms with Gasteiger partial charge in [-0.25, -0.2) is 9.97 Å². The number of nitrogens with zero attached hydrogens (tertiary/aromatic N) is 4. The lowest BCUT2D eigenvalue weighted by Gasteiger charge is -2.32. The van der Waals surface area contributed by atoms with Gasteiger partial charge in [0.1, 0.15) is 34.4 Å². The number of halogens is 3. The molecule has 1 atom stereocenters. The maximum atomic E-state index is 14.2. The van der Waals surface area contributed by atoms with Gasteiger partial charge in [0.25, 0.3) is 0 Å². The van der Waals surface area contributed by atoms with Crippen LogP contribution >= 0.6 is 0 Å². The lowest BCUT2D eigenvalue weighted by Crippen LogP contribution is -2.43. The molecular weight excluding hydrogens is 561 g/mol. The molecule has 1 amide bonds. The molecule has 0 bridgehead atoms. The molecule has 224 valence electrons. The third-order valence-electron chi connectivity index (χ3n) is 8.40. The molecule has 4 aromatic rings. The van der Waals surface area contributed by atoms with Gasteiger partial charge in [0.15, 0.2) is 0 Å². The molecule has 7 rings (SSSR count). The number of aromatic nitrogens is 3. The van der Waals surface area contributed by atoms with Gasteiger partial charge in [-0.05, 0) is 67.4 Å². The number of imidazole rings is 1. The molecule has 0 aliphatic carbocycles. The molecule has 2 N–H and O–H groups in total. The van der Waals surface area contributed by atoms with Crippen molar-refractivity contribution in [3.63, 3.8) is 0 Å². The van der Waals surface area contributed by atoms with E-state index in [4.69, 9.17) is 9.47 Å². The minimum atomic E-state index is -4.53. The zero-order valence-corrected chi connectivity index (χ0v) is 23.6. The van der Waals surface area contributed by atoms with Gasteiger partial charge >= 0.3 is 6.18 Å². The van der Waals surface area contributed by atoms with Gasteiger partial charge in [0.05, 0.1) is 23.6 Å². The third-order valence-corrected chi connectivity index (χ3v) is 8.40. The number of anilines is 1. The first-order chi connectivity index (χ1) is 20.7. The van der Waals surface area contributed by atoms with Gasteiger partial charge in [-0.15, -0.1) is 0 Å². The second-order valence-corrected chi connectivity index (χ2v) is 11.5. The number of carbonyl (C=O) groups is 1. The Morgan fingerprint density at radius 3 is 2.74 bits per heavy atom. The Kier molecular flexibility index (Phi) is 6.97. The number of hydrogen-bond donors (Lipinski definition) is 2. The number of H-pyrrole nitrogens is 1. The monoisotopic (exact) mass is 592 g/mol. The highest BCUT2D eigenvalue weighted by Crippen LogP contribution is 2.39. The van der Waals surface area contributed by atoms with Crippen LogP contribution < -0.4 is 14.8 Å². The number of rotatable bonds is 5. The van der Waals surface area contributed by atoms with Crippen molar-refractivity contribution in [2.45, 2.75) is 37.9 Å². The van der Waals surface area contributed by atoms with Crippen LogP contribution in [0.3, 0.4) is 0 Å². The van der Waals surface area contributed by atoms with Gasteiger partial charge in [-0.2, -0.15) is 13.2 Å². The summed E-state index contributed by atoms with van der Waals surface area (Å²) in [5, 5.41) is 2.77. The molecule has 5 heterocycles. The number of aromatic amines is 1. The van der Waals surface area contributed by atoms with Crippen molar-refractivity contribution >= 4 is 22.8 Å². The number of fused-ring (bicyclic) bond motifs is 3. The number of likely N-dealkylation sites (N-methyl/N-ethyl adjacent to an activating group) is 1. The van der Waals surface area contributed by atoms with Crippen LogP contribution in [0.2, 0.25) is 0 Å². The normalized spacial score (nSPS) is 19.4. The van der Waals surface area contributed by atoms with E-state index in [-0.39, 0.29) is 17.3 Å². The minimum Gasteiger partial charge on any atom is -0.493 e. The molecule has 12 heteroatoms. The van der Waals surface area contributed by atoms with Crippen LogP contribution in [0, 0.1) is 0 Å². The highest BCUT2D eigenvalue weighted by molar-refractivity contribution is 5.93. The average Bonchev–Trinajstić information content (AvgIpc) is 3.41. The maximum absolute atomic E-state index is 14.2. The Labute approximate surface area is 246 Å². The second kappa shape index (κ2) is 10.8. The smallest absolute Gasteiger partial charge is 0.418 e. The Morgan fingerprint density at radius 2 is 1.93 bits per heavy atom.